The minimum Gasteiger partial charge on any atom is -0.311 e. The van der Waals surface area contributed by atoms with Crippen LogP contribution >= 0.6 is 15.9 Å². The van der Waals surface area contributed by atoms with Gasteiger partial charge in [-0.1, -0.05) is 12.1 Å². The van der Waals surface area contributed by atoms with Gasteiger partial charge in [-0.2, -0.15) is 5.26 Å². The fourth-order valence-corrected chi connectivity index (χ4v) is 1.80. The van der Waals surface area contributed by atoms with E-state index in [4.69, 9.17) is 5.26 Å². The van der Waals surface area contributed by atoms with Gasteiger partial charge < -0.3 is 4.98 Å². The van der Waals surface area contributed by atoms with E-state index in [2.05, 4.69) is 20.9 Å². The molecule has 2 rings (SSSR count). The number of halogens is 1. The van der Waals surface area contributed by atoms with E-state index in [-0.39, 0.29) is 5.69 Å². The van der Waals surface area contributed by atoms with Gasteiger partial charge in [0.2, 0.25) is 0 Å². The zero-order chi connectivity index (χ0) is 10.8. The summed E-state index contributed by atoms with van der Waals surface area (Å²) in [6.07, 6.45) is 1.54. The molecule has 1 aromatic heterocycles. The first-order valence-electron chi connectivity index (χ1n) is 4.19. The van der Waals surface area contributed by atoms with E-state index in [9.17, 15) is 4.79 Å². The molecule has 1 N–H and O–H groups in total. The molecule has 4 nitrogen and oxygen atoms in total. The number of nitrogens with one attached hydrogen (secondary N) is 1. The first-order chi connectivity index (χ1) is 7.24. The maximum Gasteiger partial charge on any atom is 0.331 e. The van der Waals surface area contributed by atoms with Crippen LogP contribution in [0.3, 0.4) is 0 Å². The maximum absolute atomic E-state index is 11.5. The van der Waals surface area contributed by atoms with E-state index in [1.807, 2.05) is 6.07 Å². The second-order valence-corrected chi connectivity index (χ2v) is 3.69. The third kappa shape index (κ3) is 1.60. The molecule has 2 aromatic rings. The smallest absolute Gasteiger partial charge is 0.311 e. The predicted octanol–water partition coefficient (Wildman–Crippen LogP) is 1.80. The highest BCUT2D eigenvalue weighted by Gasteiger charge is 2.09. The normalized spacial score (nSPS) is 9.87. The zero-order valence-electron chi connectivity index (χ0n) is 7.57. The molecule has 0 aliphatic heterocycles. The summed E-state index contributed by atoms with van der Waals surface area (Å²) in [6.45, 7) is 0. The summed E-state index contributed by atoms with van der Waals surface area (Å²) in [5.74, 6) is 0. The van der Waals surface area contributed by atoms with Crippen LogP contribution in [0.5, 0.6) is 0 Å². The monoisotopic (exact) mass is 263 g/mol. The molecule has 0 bridgehead atoms. The molecular formula is C10H6BrN3O. The average molecular weight is 264 g/mol. The number of nitriles is 1. The van der Waals surface area contributed by atoms with Gasteiger partial charge in [0.25, 0.3) is 0 Å². The molecule has 0 saturated carbocycles. The second-order valence-electron chi connectivity index (χ2n) is 2.88. The van der Waals surface area contributed by atoms with Gasteiger partial charge in [0.15, 0.2) is 0 Å². The van der Waals surface area contributed by atoms with Crippen LogP contribution in [0.4, 0.5) is 0 Å². The number of rotatable bonds is 1. The van der Waals surface area contributed by atoms with Gasteiger partial charge in [-0.3, -0.25) is 4.57 Å². The Morgan fingerprint density at radius 3 is 2.73 bits per heavy atom. The van der Waals surface area contributed by atoms with Crippen molar-refractivity contribution in [1.29, 1.82) is 5.26 Å². The van der Waals surface area contributed by atoms with Crippen molar-refractivity contribution in [1.82, 2.24) is 9.55 Å². The van der Waals surface area contributed by atoms with Crippen molar-refractivity contribution < 1.29 is 0 Å². The standard InChI is InChI=1S/C10H6BrN3O/c11-9-6-13-10(15)14(9)8-4-2-1-3-7(8)5-12/h1-4,6H,(H,13,15). The highest BCUT2D eigenvalue weighted by atomic mass is 79.9. The van der Waals surface area contributed by atoms with Gasteiger partial charge in [0, 0.05) is 6.20 Å². The highest BCUT2D eigenvalue weighted by Crippen LogP contribution is 2.16. The number of H-pyrrole nitrogens is 1. The SMILES string of the molecule is N#Cc1ccccc1-n1c(Br)c[nH]c1=O. The van der Waals surface area contributed by atoms with Crippen LogP contribution in [0, 0.1) is 11.3 Å². The molecule has 15 heavy (non-hydrogen) atoms. The summed E-state index contributed by atoms with van der Waals surface area (Å²) in [4.78, 5) is 14.0. The van der Waals surface area contributed by atoms with E-state index in [0.717, 1.165) is 0 Å². The van der Waals surface area contributed by atoms with Gasteiger partial charge in [0.1, 0.15) is 10.7 Å². The summed E-state index contributed by atoms with van der Waals surface area (Å²) in [5, 5.41) is 8.91. The topological polar surface area (TPSA) is 61.6 Å². The van der Waals surface area contributed by atoms with Gasteiger partial charge in [-0.05, 0) is 28.1 Å². The summed E-state index contributed by atoms with van der Waals surface area (Å²) in [7, 11) is 0. The molecule has 5 heteroatoms. The minimum atomic E-state index is -0.274. The molecule has 0 fully saturated rings. The largest absolute Gasteiger partial charge is 0.331 e. The first-order valence-corrected chi connectivity index (χ1v) is 4.99. The van der Waals surface area contributed by atoms with Crippen molar-refractivity contribution >= 4 is 15.9 Å². The molecule has 0 saturated heterocycles. The first kappa shape index (κ1) is 9.74. The molecule has 0 aliphatic rings. The molecule has 0 atom stereocenters. The second kappa shape index (κ2) is 3.75. The Balaban J connectivity index is 2.76. The van der Waals surface area contributed by atoms with Crippen molar-refractivity contribution in [2.24, 2.45) is 0 Å². The zero-order valence-corrected chi connectivity index (χ0v) is 9.15. The highest BCUT2D eigenvalue weighted by molar-refractivity contribution is 9.10. The van der Waals surface area contributed by atoms with Crippen molar-refractivity contribution in [3.8, 4) is 11.8 Å². The van der Waals surface area contributed by atoms with Gasteiger partial charge >= 0.3 is 5.69 Å². The van der Waals surface area contributed by atoms with E-state index in [0.29, 0.717) is 15.9 Å². The number of aromatic nitrogens is 2. The summed E-state index contributed by atoms with van der Waals surface area (Å²) >= 11 is 3.24. The quantitative estimate of drug-likeness (QED) is 0.853. The average Bonchev–Trinajstić information content (AvgIpc) is 2.59. The third-order valence-corrected chi connectivity index (χ3v) is 2.58. The third-order valence-electron chi connectivity index (χ3n) is 2.00. The lowest BCUT2D eigenvalue weighted by Crippen LogP contribution is -2.15. The van der Waals surface area contributed by atoms with E-state index in [1.54, 1.807) is 24.3 Å². The lowest BCUT2D eigenvalue weighted by atomic mass is 10.2. The van der Waals surface area contributed by atoms with Gasteiger partial charge in [-0.25, -0.2) is 4.79 Å². The fourth-order valence-electron chi connectivity index (χ4n) is 1.34. The van der Waals surface area contributed by atoms with Crippen molar-refractivity contribution in [2.75, 3.05) is 0 Å². The van der Waals surface area contributed by atoms with Gasteiger partial charge in [0.05, 0.1) is 11.3 Å². The number of imidazole rings is 1. The number of benzene rings is 1. The van der Waals surface area contributed by atoms with Crippen LogP contribution in [0.15, 0.2) is 39.9 Å². The van der Waals surface area contributed by atoms with E-state index in [1.165, 1.54) is 10.8 Å². The number of hydrogen-bond acceptors (Lipinski definition) is 2. The molecule has 74 valence electrons. The molecule has 1 heterocycles. The van der Waals surface area contributed by atoms with Crippen LogP contribution in [0.25, 0.3) is 5.69 Å². The molecule has 0 radical (unpaired) electrons. The maximum atomic E-state index is 11.5. The minimum absolute atomic E-state index is 0.274. The fraction of sp³-hybridized carbons (Fsp3) is 0. The van der Waals surface area contributed by atoms with E-state index < -0.39 is 0 Å². The van der Waals surface area contributed by atoms with Crippen LogP contribution in [-0.2, 0) is 0 Å². The Kier molecular flexibility index (Phi) is 2.44. The Labute approximate surface area is 93.9 Å². The lowest BCUT2D eigenvalue weighted by molar-refractivity contribution is 0.963. The van der Waals surface area contributed by atoms with Gasteiger partial charge in [-0.15, -0.1) is 0 Å². The van der Waals surface area contributed by atoms with Crippen LogP contribution in [0.2, 0.25) is 0 Å². The van der Waals surface area contributed by atoms with Crippen LogP contribution < -0.4 is 5.69 Å². The van der Waals surface area contributed by atoms with Crippen molar-refractivity contribution in [3.05, 3.63) is 51.1 Å². The Morgan fingerprint density at radius 1 is 1.40 bits per heavy atom. The van der Waals surface area contributed by atoms with Crippen molar-refractivity contribution in [2.45, 2.75) is 0 Å². The van der Waals surface area contributed by atoms with E-state index >= 15 is 0 Å². The van der Waals surface area contributed by atoms with Crippen molar-refractivity contribution in [3.63, 3.8) is 0 Å². The molecule has 0 aliphatic carbocycles. The molecule has 0 unspecified atom stereocenters. The van der Waals surface area contributed by atoms with Crippen LogP contribution in [-0.4, -0.2) is 9.55 Å². The molecule has 0 spiro atoms. The summed E-state index contributed by atoms with van der Waals surface area (Å²) < 4.78 is 1.99. The Bertz CT molecular complexity index is 591. The lowest BCUT2D eigenvalue weighted by Gasteiger charge is -2.04. The number of aromatic amines is 1. The summed E-state index contributed by atoms with van der Waals surface area (Å²) in [5.41, 5.74) is 0.752. The predicted molar refractivity (Wildman–Crippen MR) is 58.8 cm³/mol. The molecular weight excluding hydrogens is 258 g/mol. The Morgan fingerprint density at radius 2 is 2.13 bits per heavy atom. The summed E-state index contributed by atoms with van der Waals surface area (Å²) in [6, 6.07) is 8.97. The number of para-hydroxylation sites is 1. The number of nitrogens with zero attached hydrogens (tertiary/aromatic N) is 2. The molecule has 0 amide bonds. The molecule has 1 aromatic carbocycles. The Hall–Kier alpha value is -1.80. The number of hydrogen-bond donors (Lipinski definition) is 1. The van der Waals surface area contributed by atoms with Crippen LogP contribution in [0.1, 0.15) is 5.56 Å².